The molecule has 13 heavy (non-hydrogen) atoms. The maximum Gasteiger partial charge on any atom is 0.327 e. The topological polar surface area (TPSA) is 40.5 Å². The van der Waals surface area contributed by atoms with Crippen LogP contribution in [0, 0.1) is 5.92 Å². The fraction of sp³-hybridized carbons (Fsp3) is 0.700. The molecule has 1 N–H and O–H groups in total. The van der Waals surface area contributed by atoms with Gasteiger partial charge in [0, 0.05) is 18.7 Å². The SMILES string of the molecule is CC(C)N1CCC(/C=C\C(=O)O)C1. The van der Waals surface area contributed by atoms with Crippen molar-refractivity contribution >= 4 is 5.97 Å². The van der Waals surface area contributed by atoms with Crippen molar-refractivity contribution in [2.75, 3.05) is 13.1 Å². The minimum atomic E-state index is -0.844. The summed E-state index contributed by atoms with van der Waals surface area (Å²) in [4.78, 5) is 12.6. The van der Waals surface area contributed by atoms with Crippen LogP contribution in [-0.2, 0) is 4.79 Å². The van der Waals surface area contributed by atoms with Crippen LogP contribution in [0.5, 0.6) is 0 Å². The van der Waals surface area contributed by atoms with Crippen molar-refractivity contribution in [2.45, 2.75) is 26.3 Å². The van der Waals surface area contributed by atoms with E-state index in [1.165, 1.54) is 6.08 Å². The molecule has 0 saturated carbocycles. The number of carbonyl (C=O) groups is 1. The van der Waals surface area contributed by atoms with E-state index in [0.29, 0.717) is 12.0 Å². The molecule has 1 atom stereocenters. The molecule has 3 nitrogen and oxygen atoms in total. The van der Waals surface area contributed by atoms with Crippen molar-refractivity contribution in [3.8, 4) is 0 Å². The van der Waals surface area contributed by atoms with Crippen LogP contribution in [0.15, 0.2) is 12.2 Å². The van der Waals surface area contributed by atoms with Gasteiger partial charge in [0.05, 0.1) is 0 Å². The average molecular weight is 183 g/mol. The number of hydrogen-bond donors (Lipinski definition) is 1. The van der Waals surface area contributed by atoms with Crippen LogP contribution in [0.4, 0.5) is 0 Å². The lowest BCUT2D eigenvalue weighted by molar-refractivity contribution is -0.131. The summed E-state index contributed by atoms with van der Waals surface area (Å²) in [5.74, 6) is -0.415. The van der Waals surface area contributed by atoms with Gasteiger partial charge in [-0.25, -0.2) is 4.79 Å². The molecule has 1 aliphatic heterocycles. The summed E-state index contributed by atoms with van der Waals surface area (Å²) < 4.78 is 0. The molecule has 0 aromatic rings. The van der Waals surface area contributed by atoms with Crippen molar-refractivity contribution in [2.24, 2.45) is 5.92 Å². The predicted octanol–water partition coefficient (Wildman–Crippen LogP) is 1.36. The van der Waals surface area contributed by atoms with Crippen LogP contribution >= 0.6 is 0 Å². The second-order valence-corrected chi connectivity index (χ2v) is 3.83. The van der Waals surface area contributed by atoms with E-state index < -0.39 is 5.97 Å². The number of nitrogens with zero attached hydrogens (tertiary/aromatic N) is 1. The molecule has 0 radical (unpaired) electrons. The average Bonchev–Trinajstić information content (AvgIpc) is 2.48. The highest BCUT2D eigenvalue weighted by molar-refractivity contribution is 5.79. The molecule has 0 aromatic heterocycles. The zero-order valence-corrected chi connectivity index (χ0v) is 8.23. The Morgan fingerprint density at radius 3 is 2.77 bits per heavy atom. The summed E-state index contributed by atoms with van der Waals surface area (Å²) in [6, 6.07) is 0.572. The molecule has 0 amide bonds. The summed E-state index contributed by atoms with van der Waals surface area (Å²) in [5.41, 5.74) is 0. The van der Waals surface area contributed by atoms with Crippen LogP contribution in [0.3, 0.4) is 0 Å². The van der Waals surface area contributed by atoms with Crippen LogP contribution in [0.25, 0.3) is 0 Å². The highest BCUT2D eigenvalue weighted by atomic mass is 16.4. The molecule has 0 aromatic carbocycles. The Labute approximate surface area is 79.0 Å². The van der Waals surface area contributed by atoms with Gasteiger partial charge in [-0.3, -0.25) is 0 Å². The molecule has 1 unspecified atom stereocenters. The first kappa shape index (κ1) is 10.3. The monoisotopic (exact) mass is 183 g/mol. The summed E-state index contributed by atoms with van der Waals surface area (Å²) >= 11 is 0. The Hall–Kier alpha value is -0.830. The van der Waals surface area contributed by atoms with Crippen LogP contribution in [0.1, 0.15) is 20.3 Å². The first-order chi connectivity index (χ1) is 6.09. The van der Waals surface area contributed by atoms with Gasteiger partial charge in [0.1, 0.15) is 0 Å². The van der Waals surface area contributed by atoms with Gasteiger partial charge in [-0.2, -0.15) is 0 Å². The van der Waals surface area contributed by atoms with Gasteiger partial charge in [-0.15, -0.1) is 0 Å². The largest absolute Gasteiger partial charge is 0.478 e. The van der Waals surface area contributed by atoms with Crippen molar-refractivity contribution in [1.82, 2.24) is 4.90 Å². The Morgan fingerprint density at radius 1 is 1.62 bits per heavy atom. The first-order valence-corrected chi connectivity index (χ1v) is 4.74. The van der Waals surface area contributed by atoms with Crippen molar-refractivity contribution < 1.29 is 9.90 Å². The highest BCUT2D eigenvalue weighted by Crippen LogP contribution is 2.19. The second-order valence-electron chi connectivity index (χ2n) is 3.83. The zero-order chi connectivity index (χ0) is 9.84. The maximum atomic E-state index is 10.3. The Bertz CT molecular complexity index is 211. The van der Waals surface area contributed by atoms with Gasteiger partial charge < -0.3 is 10.0 Å². The predicted molar refractivity (Wildman–Crippen MR) is 51.6 cm³/mol. The number of rotatable bonds is 3. The minimum Gasteiger partial charge on any atom is -0.478 e. The van der Waals surface area contributed by atoms with E-state index in [1.54, 1.807) is 0 Å². The zero-order valence-electron chi connectivity index (χ0n) is 8.23. The molecule has 0 bridgehead atoms. The molecule has 1 saturated heterocycles. The molecule has 3 heteroatoms. The van der Waals surface area contributed by atoms with Gasteiger partial charge in [0.2, 0.25) is 0 Å². The third kappa shape index (κ3) is 3.19. The molecule has 74 valence electrons. The highest BCUT2D eigenvalue weighted by Gasteiger charge is 2.21. The number of likely N-dealkylation sites (tertiary alicyclic amines) is 1. The van der Waals surface area contributed by atoms with E-state index >= 15 is 0 Å². The van der Waals surface area contributed by atoms with Gasteiger partial charge in [-0.1, -0.05) is 6.08 Å². The van der Waals surface area contributed by atoms with E-state index in [0.717, 1.165) is 19.5 Å². The van der Waals surface area contributed by atoms with Crippen LogP contribution < -0.4 is 0 Å². The smallest absolute Gasteiger partial charge is 0.327 e. The van der Waals surface area contributed by atoms with Crippen LogP contribution in [0.2, 0.25) is 0 Å². The molecule has 1 fully saturated rings. The summed E-state index contributed by atoms with van der Waals surface area (Å²) in [7, 11) is 0. The lowest BCUT2D eigenvalue weighted by Crippen LogP contribution is -2.27. The quantitative estimate of drug-likeness (QED) is 0.671. The summed E-state index contributed by atoms with van der Waals surface area (Å²) in [5, 5.41) is 8.45. The Morgan fingerprint density at radius 2 is 2.31 bits per heavy atom. The van der Waals surface area contributed by atoms with E-state index in [-0.39, 0.29) is 0 Å². The molecule has 0 aliphatic carbocycles. The summed E-state index contributed by atoms with van der Waals surface area (Å²) in [6.45, 7) is 6.43. The van der Waals surface area contributed by atoms with Gasteiger partial charge >= 0.3 is 5.97 Å². The third-order valence-electron chi connectivity index (χ3n) is 2.50. The number of aliphatic carboxylic acids is 1. The minimum absolute atomic E-state index is 0.429. The van der Waals surface area contributed by atoms with Crippen LogP contribution in [-0.4, -0.2) is 35.1 Å². The maximum absolute atomic E-state index is 10.3. The standard InChI is InChI=1S/C10H17NO2/c1-8(2)11-6-5-9(7-11)3-4-10(12)13/h3-4,8-9H,5-7H2,1-2H3,(H,12,13)/b4-3-. The van der Waals surface area contributed by atoms with Crippen molar-refractivity contribution in [3.63, 3.8) is 0 Å². The molecular weight excluding hydrogens is 166 g/mol. The normalized spacial score (nSPS) is 24.7. The van der Waals surface area contributed by atoms with Gasteiger partial charge in [0.15, 0.2) is 0 Å². The summed E-state index contributed by atoms with van der Waals surface area (Å²) in [6.07, 6.45) is 4.15. The number of carboxylic acids is 1. The third-order valence-corrected chi connectivity index (χ3v) is 2.50. The molecule has 1 heterocycles. The second kappa shape index (κ2) is 4.42. The van der Waals surface area contributed by atoms with Gasteiger partial charge in [0.25, 0.3) is 0 Å². The molecule has 1 rings (SSSR count). The lowest BCUT2D eigenvalue weighted by Gasteiger charge is -2.19. The molecule has 0 spiro atoms. The van der Waals surface area contributed by atoms with Gasteiger partial charge in [-0.05, 0) is 32.7 Å². The van der Waals surface area contributed by atoms with Crippen molar-refractivity contribution in [3.05, 3.63) is 12.2 Å². The Kier molecular flexibility index (Phi) is 3.48. The molecular formula is C10H17NO2. The lowest BCUT2D eigenvalue weighted by atomic mass is 10.1. The molecule has 1 aliphatic rings. The fourth-order valence-electron chi connectivity index (χ4n) is 1.66. The van der Waals surface area contributed by atoms with E-state index in [4.69, 9.17) is 5.11 Å². The fourth-order valence-corrected chi connectivity index (χ4v) is 1.66. The van der Waals surface area contributed by atoms with Crippen molar-refractivity contribution in [1.29, 1.82) is 0 Å². The number of hydrogen-bond acceptors (Lipinski definition) is 2. The van der Waals surface area contributed by atoms with E-state index in [1.807, 2.05) is 6.08 Å². The van der Waals surface area contributed by atoms with E-state index in [9.17, 15) is 4.79 Å². The Balaban J connectivity index is 2.37. The first-order valence-electron chi connectivity index (χ1n) is 4.74. The van der Waals surface area contributed by atoms with E-state index in [2.05, 4.69) is 18.7 Å². The number of carboxylic acid groups (broad SMARTS) is 1.